The average Bonchev–Trinajstić information content (AvgIpc) is 2.91. The fraction of sp³-hybridized carbons (Fsp3) is 0.417. The number of hydrogen-bond acceptors (Lipinski definition) is 5. The van der Waals surface area contributed by atoms with E-state index in [9.17, 15) is 4.79 Å². The summed E-state index contributed by atoms with van der Waals surface area (Å²) in [5, 5.41) is 5.89. The predicted octanol–water partition coefficient (Wildman–Crippen LogP) is 2.63. The number of nitrogens with zero attached hydrogens (tertiary/aromatic N) is 2. The van der Waals surface area contributed by atoms with Crippen molar-refractivity contribution in [3.8, 4) is 0 Å². The van der Waals surface area contributed by atoms with Gasteiger partial charge in [-0.3, -0.25) is 4.79 Å². The molecule has 0 aliphatic rings. The molecule has 17 heavy (non-hydrogen) atoms. The third-order valence-electron chi connectivity index (χ3n) is 2.30. The van der Waals surface area contributed by atoms with Crippen LogP contribution in [0.5, 0.6) is 0 Å². The molecular formula is C12H14N2O2S. The first-order valence-electron chi connectivity index (χ1n) is 5.63. The van der Waals surface area contributed by atoms with Gasteiger partial charge >= 0.3 is 0 Å². The average molecular weight is 250 g/mol. The van der Waals surface area contributed by atoms with Gasteiger partial charge in [0.25, 0.3) is 0 Å². The lowest BCUT2D eigenvalue weighted by Crippen LogP contribution is -2.02. The summed E-state index contributed by atoms with van der Waals surface area (Å²) in [5.74, 6) is 1.22. The van der Waals surface area contributed by atoms with Gasteiger partial charge in [0.05, 0.1) is 6.42 Å². The van der Waals surface area contributed by atoms with E-state index < -0.39 is 0 Å². The maximum Gasteiger partial charge on any atom is 0.234 e. The van der Waals surface area contributed by atoms with E-state index in [1.54, 1.807) is 11.3 Å². The van der Waals surface area contributed by atoms with Crippen molar-refractivity contribution in [3.05, 3.63) is 34.1 Å². The van der Waals surface area contributed by atoms with Crippen LogP contribution in [-0.4, -0.2) is 15.9 Å². The molecular weight excluding hydrogens is 236 g/mol. The second-order valence-electron chi connectivity index (χ2n) is 3.83. The molecule has 5 heteroatoms. The molecule has 0 aliphatic heterocycles. The first-order valence-corrected chi connectivity index (χ1v) is 6.51. The van der Waals surface area contributed by atoms with Crippen LogP contribution in [0, 0.1) is 0 Å². The van der Waals surface area contributed by atoms with Crippen LogP contribution in [0.15, 0.2) is 22.0 Å². The van der Waals surface area contributed by atoms with Gasteiger partial charge in [0, 0.05) is 17.7 Å². The maximum absolute atomic E-state index is 11.4. The second kappa shape index (κ2) is 5.72. The number of hydrogen-bond donors (Lipinski definition) is 0. The Balaban J connectivity index is 1.94. The highest BCUT2D eigenvalue weighted by Gasteiger charge is 2.11. The first-order chi connectivity index (χ1) is 8.28. The summed E-state index contributed by atoms with van der Waals surface area (Å²) < 4.78 is 5.05. The highest BCUT2D eigenvalue weighted by Crippen LogP contribution is 2.13. The van der Waals surface area contributed by atoms with Crippen LogP contribution < -0.4 is 0 Å². The molecule has 2 rings (SSSR count). The molecule has 2 heterocycles. The zero-order chi connectivity index (χ0) is 12.1. The highest BCUT2D eigenvalue weighted by atomic mass is 32.1. The summed E-state index contributed by atoms with van der Waals surface area (Å²) in [7, 11) is 0. The molecule has 4 nitrogen and oxygen atoms in total. The first kappa shape index (κ1) is 12.0. The largest absolute Gasteiger partial charge is 0.339 e. The standard InChI is InChI=1S/C12H14N2O2S/c1-2-4-9(15)7-12-13-11(14-16-12)8-10-5-3-6-17-10/h3,5-6H,2,4,7-8H2,1H3. The number of Topliss-reactive ketones (excluding diaryl/α,β-unsaturated/α-hetero) is 1. The van der Waals surface area contributed by atoms with Gasteiger partial charge in [-0.2, -0.15) is 4.98 Å². The molecule has 90 valence electrons. The van der Waals surface area contributed by atoms with Gasteiger partial charge in [0.1, 0.15) is 5.78 Å². The molecule has 2 aromatic heterocycles. The normalized spacial score (nSPS) is 10.6. The number of rotatable bonds is 6. The number of carbonyl (C=O) groups excluding carboxylic acids is 1. The highest BCUT2D eigenvalue weighted by molar-refractivity contribution is 7.09. The van der Waals surface area contributed by atoms with Crippen LogP contribution in [0.4, 0.5) is 0 Å². The Hall–Kier alpha value is -1.49. The fourth-order valence-corrected chi connectivity index (χ4v) is 2.24. The Bertz CT molecular complexity index is 476. The van der Waals surface area contributed by atoms with Crippen molar-refractivity contribution in [1.82, 2.24) is 10.1 Å². The maximum atomic E-state index is 11.4. The Morgan fingerprint density at radius 3 is 3.12 bits per heavy atom. The molecule has 0 saturated carbocycles. The lowest BCUT2D eigenvalue weighted by molar-refractivity contribution is -0.118. The van der Waals surface area contributed by atoms with Crippen LogP contribution in [0.3, 0.4) is 0 Å². The van der Waals surface area contributed by atoms with E-state index in [1.165, 1.54) is 4.88 Å². The number of carbonyl (C=O) groups is 1. The molecule has 0 aliphatic carbocycles. The summed E-state index contributed by atoms with van der Waals surface area (Å²) in [6.07, 6.45) is 2.35. The van der Waals surface area contributed by atoms with Crippen LogP contribution in [0.2, 0.25) is 0 Å². The third-order valence-corrected chi connectivity index (χ3v) is 3.18. The number of thiophene rings is 1. The van der Waals surface area contributed by atoms with E-state index in [-0.39, 0.29) is 12.2 Å². The molecule has 0 atom stereocenters. The number of ketones is 1. The summed E-state index contributed by atoms with van der Waals surface area (Å²) in [6.45, 7) is 1.98. The fourth-order valence-electron chi connectivity index (χ4n) is 1.54. The minimum absolute atomic E-state index is 0.152. The SMILES string of the molecule is CCCC(=O)Cc1nc(Cc2cccs2)no1. The lowest BCUT2D eigenvalue weighted by Gasteiger charge is -1.91. The summed E-state index contributed by atoms with van der Waals surface area (Å²) >= 11 is 1.66. The molecule has 0 saturated heterocycles. The zero-order valence-electron chi connectivity index (χ0n) is 9.68. The minimum atomic E-state index is 0.152. The quantitative estimate of drug-likeness (QED) is 0.790. The van der Waals surface area contributed by atoms with Gasteiger partial charge in [0.2, 0.25) is 5.89 Å². The summed E-state index contributed by atoms with van der Waals surface area (Å²) in [6, 6.07) is 4.02. The van der Waals surface area contributed by atoms with Gasteiger partial charge in [-0.1, -0.05) is 18.1 Å². The van der Waals surface area contributed by atoms with E-state index in [0.29, 0.717) is 24.6 Å². The van der Waals surface area contributed by atoms with E-state index in [1.807, 2.05) is 24.4 Å². The van der Waals surface area contributed by atoms with Crippen molar-refractivity contribution >= 4 is 17.1 Å². The van der Waals surface area contributed by atoms with E-state index in [4.69, 9.17) is 4.52 Å². The van der Waals surface area contributed by atoms with Crippen molar-refractivity contribution in [2.24, 2.45) is 0 Å². The van der Waals surface area contributed by atoms with Gasteiger partial charge in [0.15, 0.2) is 5.82 Å². The van der Waals surface area contributed by atoms with Gasteiger partial charge in [-0.05, 0) is 17.9 Å². The van der Waals surface area contributed by atoms with Crippen LogP contribution >= 0.6 is 11.3 Å². The summed E-state index contributed by atoms with van der Waals surface area (Å²) in [5.41, 5.74) is 0. The molecule has 0 N–H and O–H groups in total. The van der Waals surface area contributed by atoms with Crippen LogP contribution in [0.25, 0.3) is 0 Å². The van der Waals surface area contributed by atoms with Crippen molar-refractivity contribution in [1.29, 1.82) is 0 Å². The van der Waals surface area contributed by atoms with Crippen molar-refractivity contribution in [2.45, 2.75) is 32.6 Å². The molecule has 0 amide bonds. The van der Waals surface area contributed by atoms with E-state index in [2.05, 4.69) is 10.1 Å². The van der Waals surface area contributed by atoms with E-state index in [0.717, 1.165) is 6.42 Å². The molecule has 0 bridgehead atoms. The molecule has 0 radical (unpaired) electrons. The van der Waals surface area contributed by atoms with Crippen LogP contribution in [-0.2, 0) is 17.6 Å². The van der Waals surface area contributed by atoms with E-state index >= 15 is 0 Å². The van der Waals surface area contributed by atoms with Gasteiger partial charge in [-0.15, -0.1) is 11.3 Å². The molecule has 0 fully saturated rings. The topological polar surface area (TPSA) is 56.0 Å². The number of aromatic nitrogens is 2. The minimum Gasteiger partial charge on any atom is -0.339 e. The van der Waals surface area contributed by atoms with Crippen LogP contribution in [0.1, 0.15) is 36.4 Å². The van der Waals surface area contributed by atoms with Crippen molar-refractivity contribution in [2.75, 3.05) is 0 Å². The Labute approximate surface area is 104 Å². The van der Waals surface area contributed by atoms with Crippen molar-refractivity contribution < 1.29 is 9.32 Å². The van der Waals surface area contributed by atoms with Gasteiger partial charge < -0.3 is 4.52 Å². The monoisotopic (exact) mass is 250 g/mol. The molecule has 0 spiro atoms. The van der Waals surface area contributed by atoms with Gasteiger partial charge in [-0.25, -0.2) is 0 Å². The Morgan fingerprint density at radius 2 is 2.41 bits per heavy atom. The lowest BCUT2D eigenvalue weighted by atomic mass is 10.2. The second-order valence-corrected chi connectivity index (χ2v) is 4.86. The predicted molar refractivity (Wildman–Crippen MR) is 65.0 cm³/mol. The van der Waals surface area contributed by atoms with Crippen molar-refractivity contribution in [3.63, 3.8) is 0 Å². The smallest absolute Gasteiger partial charge is 0.234 e. The zero-order valence-corrected chi connectivity index (χ0v) is 10.5. The third kappa shape index (κ3) is 3.49. The Kier molecular flexibility index (Phi) is 4.03. The molecule has 0 aromatic carbocycles. The molecule has 0 unspecified atom stereocenters. The molecule has 2 aromatic rings. The summed E-state index contributed by atoms with van der Waals surface area (Å²) in [4.78, 5) is 16.8. The Morgan fingerprint density at radius 1 is 1.53 bits per heavy atom.